The molecule has 2 aliphatic heterocycles. The average Bonchev–Trinajstić information content (AvgIpc) is 3.19. The topological polar surface area (TPSA) is 83.0 Å². The molecule has 27 heavy (non-hydrogen) atoms. The number of amides is 4. The maximum Gasteiger partial charge on any atom is 0.325 e. The Hall–Kier alpha value is -2.41. The van der Waals surface area contributed by atoms with Gasteiger partial charge in [-0.1, -0.05) is 24.3 Å². The van der Waals surface area contributed by atoms with Crippen LogP contribution in [0.3, 0.4) is 0 Å². The van der Waals surface area contributed by atoms with Gasteiger partial charge < -0.3 is 15.5 Å². The summed E-state index contributed by atoms with van der Waals surface area (Å²) in [6, 6.07) is 7.91. The van der Waals surface area contributed by atoms with E-state index in [1.165, 1.54) is 31.5 Å². The maximum atomic E-state index is 12.1. The average molecular weight is 373 g/mol. The summed E-state index contributed by atoms with van der Waals surface area (Å²) >= 11 is 0. The maximum absolute atomic E-state index is 12.1. The predicted octanol–water partition coefficient (Wildman–Crippen LogP) is 0.202. The van der Waals surface area contributed by atoms with Crippen LogP contribution in [0.4, 0.5) is 4.79 Å². The fourth-order valence-corrected chi connectivity index (χ4v) is 3.64. The zero-order valence-corrected chi connectivity index (χ0v) is 16.1. The number of hydrogen-bond donors (Lipinski definition) is 3. The van der Waals surface area contributed by atoms with Crippen molar-refractivity contribution < 1.29 is 19.3 Å². The Morgan fingerprint density at radius 1 is 1.15 bits per heavy atom. The molecule has 146 valence electrons. The summed E-state index contributed by atoms with van der Waals surface area (Å²) < 4.78 is 0. The van der Waals surface area contributed by atoms with Crippen LogP contribution in [-0.4, -0.2) is 47.9 Å². The van der Waals surface area contributed by atoms with Crippen LogP contribution in [0.1, 0.15) is 44.2 Å². The predicted molar refractivity (Wildman–Crippen MR) is 101 cm³/mol. The number of urea groups is 1. The van der Waals surface area contributed by atoms with Gasteiger partial charge in [0, 0.05) is 37.9 Å². The molecule has 2 aliphatic rings. The highest BCUT2D eigenvalue weighted by Gasteiger charge is 2.43. The van der Waals surface area contributed by atoms with Crippen molar-refractivity contribution in [2.24, 2.45) is 0 Å². The number of nitrogens with one attached hydrogen (secondary N) is 3. The highest BCUT2D eigenvalue weighted by molar-refractivity contribution is 6.06. The normalized spacial score (nSPS) is 19.4. The molecule has 7 nitrogen and oxygen atoms in total. The number of likely N-dealkylation sites (tertiary alicyclic amines) is 1. The van der Waals surface area contributed by atoms with Crippen molar-refractivity contribution in [2.75, 3.05) is 19.6 Å². The Morgan fingerprint density at radius 2 is 1.78 bits per heavy atom. The molecule has 3 N–H and O–H groups in total. The first kappa shape index (κ1) is 19.4. The Balaban J connectivity index is 1.41. The Bertz CT molecular complexity index is 708. The van der Waals surface area contributed by atoms with Crippen molar-refractivity contribution in [1.29, 1.82) is 0 Å². The molecule has 0 unspecified atom stereocenters. The lowest BCUT2D eigenvalue weighted by molar-refractivity contribution is -0.901. The minimum Gasteiger partial charge on any atom is -0.352 e. The number of rotatable bonds is 7. The van der Waals surface area contributed by atoms with E-state index in [1.807, 2.05) is 12.1 Å². The fraction of sp³-hybridized carbons (Fsp3) is 0.550. The van der Waals surface area contributed by atoms with E-state index in [9.17, 15) is 14.4 Å². The minimum atomic E-state index is -0.897. The van der Waals surface area contributed by atoms with Crippen LogP contribution in [-0.2, 0) is 22.7 Å². The summed E-state index contributed by atoms with van der Waals surface area (Å²) in [5, 5.41) is 5.46. The molecule has 3 rings (SSSR count). The van der Waals surface area contributed by atoms with E-state index in [2.05, 4.69) is 22.8 Å². The summed E-state index contributed by atoms with van der Waals surface area (Å²) in [6.07, 6.45) is 2.74. The smallest absolute Gasteiger partial charge is 0.325 e. The van der Waals surface area contributed by atoms with Gasteiger partial charge in [-0.3, -0.25) is 14.5 Å². The van der Waals surface area contributed by atoms with Crippen LogP contribution in [0.15, 0.2) is 24.3 Å². The van der Waals surface area contributed by atoms with E-state index in [0.29, 0.717) is 6.54 Å². The van der Waals surface area contributed by atoms with Gasteiger partial charge >= 0.3 is 6.03 Å². The Labute approximate surface area is 160 Å². The number of hydrogen-bond acceptors (Lipinski definition) is 3. The number of carbonyl (C=O) groups excluding carboxylic acids is 3. The monoisotopic (exact) mass is 373 g/mol. The standard InChI is InChI=1S/C20H28N4O3/c1-20(2)18(26)24(19(27)22-20)12-9-17(25)21-13-15-5-7-16(8-6-15)14-23-10-3-4-11-23/h5-8H,3-4,9-14H2,1-2H3,(H,21,25)(H,22,27)/p+1. The molecular formula is C20H29N4O3+. The Morgan fingerprint density at radius 3 is 2.37 bits per heavy atom. The van der Waals surface area contributed by atoms with Gasteiger partial charge in [0.1, 0.15) is 12.1 Å². The van der Waals surface area contributed by atoms with Crippen molar-refractivity contribution in [3.8, 4) is 0 Å². The highest BCUT2D eigenvalue weighted by atomic mass is 16.2. The van der Waals surface area contributed by atoms with Gasteiger partial charge in [-0.25, -0.2) is 4.79 Å². The summed E-state index contributed by atoms with van der Waals surface area (Å²) in [5.74, 6) is -0.470. The van der Waals surface area contributed by atoms with Crippen molar-refractivity contribution in [2.45, 2.75) is 51.7 Å². The molecule has 0 aromatic heterocycles. The van der Waals surface area contributed by atoms with Crippen LogP contribution < -0.4 is 15.5 Å². The second-order valence-electron chi connectivity index (χ2n) is 7.99. The van der Waals surface area contributed by atoms with Crippen molar-refractivity contribution in [3.63, 3.8) is 0 Å². The van der Waals surface area contributed by atoms with Gasteiger partial charge in [0.05, 0.1) is 13.1 Å². The van der Waals surface area contributed by atoms with Gasteiger partial charge in [0.2, 0.25) is 5.91 Å². The molecule has 0 atom stereocenters. The molecule has 2 saturated heterocycles. The van der Waals surface area contributed by atoms with Crippen LogP contribution in [0.2, 0.25) is 0 Å². The fourth-order valence-electron chi connectivity index (χ4n) is 3.64. The van der Waals surface area contributed by atoms with Gasteiger partial charge in [0.25, 0.3) is 5.91 Å². The molecule has 7 heteroatoms. The molecule has 0 spiro atoms. The molecule has 1 aromatic carbocycles. The second kappa shape index (κ2) is 8.08. The van der Waals surface area contributed by atoms with E-state index in [-0.39, 0.29) is 24.8 Å². The summed E-state index contributed by atoms with van der Waals surface area (Å²) in [6.45, 7) is 7.43. The van der Waals surface area contributed by atoms with Crippen LogP contribution in [0.25, 0.3) is 0 Å². The van der Waals surface area contributed by atoms with Crippen molar-refractivity contribution >= 4 is 17.8 Å². The van der Waals surface area contributed by atoms with Crippen molar-refractivity contribution in [3.05, 3.63) is 35.4 Å². The summed E-state index contributed by atoms with van der Waals surface area (Å²) in [7, 11) is 0. The number of benzene rings is 1. The molecule has 0 bridgehead atoms. The van der Waals surface area contributed by atoms with E-state index in [1.54, 1.807) is 18.7 Å². The second-order valence-corrected chi connectivity index (χ2v) is 7.99. The molecule has 2 fully saturated rings. The lowest BCUT2D eigenvalue weighted by atomic mass is 10.1. The first-order chi connectivity index (χ1) is 12.8. The molecular weight excluding hydrogens is 344 g/mol. The lowest BCUT2D eigenvalue weighted by Crippen LogP contribution is -3.08. The molecule has 0 saturated carbocycles. The first-order valence-electron chi connectivity index (χ1n) is 9.67. The SMILES string of the molecule is CC1(C)NC(=O)N(CCC(=O)NCc2ccc(C[NH+]3CCCC3)cc2)C1=O. The molecule has 0 radical (unpaired) electrons. The van der Waals surface area contributed by atoms with Crippen LogP contribution >= 0.6 is 0 Å². The zero-order chi connectivity index (χ0) is 19.4. The number of imide groups is 1. The number of quaternary nitrogens is 1. The third-order valence-corrected chi connectivity index (χ3v) is 5.28. The molecule has 2 heterocycles. The van der Waals surface area contributed by atoms with Gasteiger partial charge in [-0.05, 0) is 19.4 Å². The Kier molecular flexibility index (Phi) is 5.79. The molecule has 1 aromatic rings. The first-order valence-corrected chi connectivity index (χ1v) is 9.67. The highest BCUT2D eigenvalue weighted by Crippen LogP contribution is 2.16. The minimum absolute atomic E-state index is 0.0947. The quantitative estimate of drug-likeness (QED) is 0.597. The van der Waals surface area contributed by atoms with Crippen LogP contribution in [0, 0.1) is 0 Å². The van der Waals surface area contributed by atoms with E-state index in [4.69, 9.17) is 0 Å². The largest absolute Gasteiger partial charge is 0.352 e. The zero-order valence-electron chi connectivity index (χ0n) is 16.1. The number of carbonyl (C=O) groups is 3. The van der Waals surface area contributed by atoms with E-state index < -0.39 is 11.6 Å². The van der Waals surface area contributed by atoms with Gasteiger partial charge in [-0.15, -0.1) is 0 Å². The summed E-state index contributed by atoms with van der Waals surface area (Å²) in [4.78, 5) is 38.7. The molecule has 0 aliphatic carbocycles. The summed E-state index contributed by atoms with van der Waals surface area (Å²) in [5.41, 5.74) is 1.47. The van der Waals surface area contributed by atoms with Crippen molar-refractivity contribution in [1.82, 2.24) is 15.5 Å². The van der Waals surface area contributed by atoms with E-state index in [0.717, 1.165) is 17.0 Å². The van der Waals surface area contributed by atoms with E-state index >= 15 is 0 Å². The van der Waals surface area contributed by atoms with Crippen LogP contribution in [0.5, 0.6) is 0 Å². The molecule has 4 amide bonds. The number of nitrogens with zero attached hydrogens (tertiary/aromatic N) is 1. The van der Waals surface area contributed by atoms with Gasteiger partial charge in [0.15, 0.2) is 0 Å². The van der Waals surface area contributed by atoms with Gasteiger partial charge in [-0.2, -0.15) is 0 Å². The third-order valence-electron chi connectivity index (χ3n) is 5.28. The lowest BCUT2D eigenvalue weighted by Gasteiger charge is -2.15. The third kappa shape index (κ3) is 4.86.